The first-order valence-electron chi connectivity index (χ1n) is 11.1. The van der Waals surface area contributed by atoms with Gasteiger partial charge < -0.3 is 15.5 Å². The number of hydrogen-bond donors (Lipinski definition) is 2. The highest BCUT2D eigenvalue weighted by molar-refractivity contribution is 14.0. The summed E-state index contributed by atoms with van der Waals surface area (Å²) in [5.74, 6) is 0.959. The van der Waals surface area contributed by atoms with E-state index in [1.165, 1.54) is 16.0 Å². The summed E-state index contributed by atoms with van der Waals surface area (Å²) in [6.45, 7) is 6.19. The Labute approximate surface area is 213 Å². The second kappa shape index (κ2) is 13.8. The highest BCUT2D eigenvalue weighted by Gasteiger charge is 2.21. The molecule has 3 rings (SSSR count). The van der Waals surface area contributed by atoms with E-state index in [9.17, 15) is 4.79 Å². The lowest BCUT2D eigenvalue weighted by molar-refractivity contribution is -0.131. The van der Waals surface area contributed by atoms with Crippen molar-refractivity contribution in [3.63, 3.8) is 0 Å². The van der Waals surface area contributed by atoms with Gasteiger partial charge in [-0.3, -0.25) is 14.7 Å². The van der Waals surface area contributed by atoms with E-state index in [0.717, 1.165) is 45.0 Å². The van der Waals surface area contributed by atoms with Crippen molar-refractivity contribution in [1.29, 1.82) is 0 Å². The number of guanidine groups is 1. The Bertz CT molecular complexity index is 857. The third kappa shape index (κ3) is 8.04. The summed E-state index contributed by atoms with van der Waals surface area (Å²) in [6, 6.07) is 13.1. The number of hydrogen-bond acceptors (Lipinski definition) is 4. The Morgan fingerprint density at radius 2 is 1.97 bits per heavy atom. The number of nitrogens with zero attached hydrogens (tertiary/aromatic N) is 3. The van der Waals surface area contributed by atoms with Gasteiger partial charge in [-0.2, -0.15) is 0 Å². The minimum absolute atomic E-state index is 0. The van der Waals surface area contributed by atoms with Gasteiger partial charge in [0, 0.05) is 57.1 Å². The van der Waals surface area contributed by atoms with E-state index in [-0.39, 0.29) is 29.9 Å². The number of amides is 1. The quantitative estimate of drug-likeness (QED) is 0.275. The molecule has 1 aromatic heterocycles. The van der Waals surface area contributed by atoms with Crippen LogP contribution >= 0.6 is 35.3 Å². The maximum Gasteiger partial charge on any atom is 0.224 e. The fraction of sp³-hybridized carbons (Fsp3) is 0.500. The summed E-state index contributed by atoms with van der Waals surface area (Å²) in [4.78, 5) is 22.6. The summed E-state index contributed by atoms with van der Waals surface area (Å²) < 4.78 is 0. The smallest absolute Gasteiger partial charge is 0.224 e. The number of aliphatic imine (C=N–C) groups is 1. The zero-order valence-electron chi connectivity index (χ0n) is 19.3. The average Bonchev–Trinajstić information content (AvgIpc) is 3.26. The van der Waals surface area contributed by atoms with Crippen LogP contribution in [0.15, 0.2) is 46.8 Å². The van der Waals surface area contributed by atoms with Crippen molar-refractivity contribution in [1.82, 2.24) is 20.4 Å². The molecular formula is C24H36IN5OS. The molecule has 0 radical (unpaired) electrons. The van der Waals surface area contributed by atoms with E-state index < -0.39 is 0 Å². The fourth-order valence-electron chi connectivity index (χ4n) is 3.77. The maximum absolute atomic E-state index is 12.6. The molecule has 2 aromatic rings. The minimum Gasteiger partial charge on any atom is -0.356 e. The van der Waals surface area contributed by atoms with Gasteiger partial charge in [-0.05, 0) is 49.4 Å². The average molecular weight is 570 g/mol. The van der Waals surface area contributed by atoms with Crippen molar-refractivity contribution >= 4 is 47.2 Å². The van der Waals surface area contributed by atoms with Gasteiger partial charge in [0.05, 0.1) is 0 Å². The number of carbonyl (C=O) groups excluding carboxylic acids is 1. The number of carbonyl (C=O) groups is 1. The zero-order chi connectivity index (χ0) is 22.1. The zero-order valence-corrected chi connectivity index (χ0v) is 22.5. The van der Waals surface area contributed by atoms with Crippen LogP contribution in [0.2, 0.25) is 0 Å². The molecule has 0 spiro atoms. The van der Waals surface area contributed by atoms with E-state index in [0.29, 0.717) is 19.0 Å². The van der Waals surface area contributed by atoms with E-state index >= 15 is 0 Å². The Morgan fingerprint density at radius 3 is 2.72 bits per heavy atom. The number of rotatable bonds is 9. The Kier molecular flexibility index (Phi) is 11.5. The van der Waals surface area contributed by atoms with E-state index in [2.05, 4.69) is 76.3 Å². The lowest BCUT2D eigenvalue weighted by Crippen LogP contribution is -2.42. The van der Waals surface area contributed by atoms with Crippen LogP contribution in [0, 0.1) is 0 Å². The van der Waals surface area contributed by atoms with Crippen LogP contribution in [0.5, 0.6) is 0 Å². The van der Waals surface area contributed by atoms with E-state index in [1.54, 1.807) is 18.4 Å². The molecule has 8 heteroatoms. The molecule has 0 saturated heterocycles. The van der Waals surface area contributed by atoms with Crippen molar-refractivity contribution in [2.45, 2.75) is 45.3 Å². The molecule has 0 bridgehead atoms. The van der Waals surface area contributed by atoms with Crippen molar-refractivity contribution < 1.29 is 4.79 Å². The molecule has 1 amide bonds. The Morgan fingerprint density at radius 1 is 1.22 bits per heavy atom. The largest absolute Gasteiger partial charge is 0.356 e. The van der Waals surface area contributed by atoms with Crippen LogP contribution in [0.3, 0.4) is 0 Å². The molecule has 0 aliphatic carbocycles. The Balaban J connectivity index is 0.00000363. The molecule has 1 aliphatic heterocycles. The van der Waals surface area contributed by atoms with E-state index in [4.69, 9.17) is 0 Å². The molecule has 1 aromatic carbocycles. The van der Waals surface area contributed by atoms with Gasteiger partial charge in [0.1, 0.15) is 0 Å². The predicted molar refractivity (Wildman–Crippen MR) is 145 cm³/mol. The van der Waals surface area contributed by atoms with Crippen LogP contribution in [-0.4, -0.2) is 61.4 Å². The molecule has 0 fully saturated rings. The molecule has 1 atom stereocenters. The number of halogens is 1. The third-order valence-corrected chi connectivity index (χ3v) is 6.92. The number of nitrogens with one attached hydrogen (secondary N) is 2. The normalized spacial score (nSPS) is 14.5. The number of benzene rings is 1. The summed E-state index contributed by atoms with van der Waals surface area (Å²) >= 11 is 1.80. The first-order chi connectivity index (χ1) is 15.1. The molecule has 6 nitrogen and oxygen atoms in total. The monoisotopic (exact) mass is 569 g/mol. The van der Waals surface area contributed by atoms with Gasteiger partial charge in [0.2, 0.25) is 5.91 Å². The van der Waals surface area contributed by atoms with Crippen molar-refractivity contribution in [2.75, 3.05) is 33.7 Å². The first-order valence-corrected chi connectivity index (χ1v) is 12.0. The van der Waals surface area contributed by atoms with Crippen molar-refractivity contribution in [3.8, 4) is 0 Å². The molecule has 32 heavy (non-hydrogen) atoms. The van der Waals surface area contributed by atoms with Crippen LogP contribution in [0.25, 0.3) is 0 Å². The van der Waals surface area contributed by atoms with Crippen LogP contribution in [-0.2, 0) is 24.3 Å². The van der Waals surface area contributed by atoms with Gasteiger partial charge in [-0.15, -0.1) is 35.3 Å². The summed E-state index contributed by atoms with van der Waals surface area (Å²) in [6.07, 6.45) is 2.47. The molecule has 1 unspecified atom stereocenters. The highest BCUT2D eigenvalue weighted by Crippen LogP contribution is 2.24. The van der Waals surface area contributed by atoms with Gasteiger partial charge in [0.25, 0.3) is 0 Å². The molecule has 0 saturated carbocycles. The molecule has 176 valence electrons. The SMILES string of the molecule is CN=C(NCCC(=O)N1CCc2sccc2C1)NCCC(C)N(C)Cc1ccccc1.I. The summed E-state index contributed by atoms with van der Waals surface area (Å²) in [5, 5.41) is 8.77. The fourth-order valence-corrected chi connectivity index (χ4v) is 4.66. The van der Waals surface area contributed by atoms with Crippen LogP contribution < -0.4 is 10.6 Å². The van der Waals surface area contributed by atoms with Gasteiger partial charge in [-0.25, -0.2) is 0 Å². The Hall–Kier alpha value is -1.65. The summed E-state index contributed by atoms with van der Waals surface area (Å²) in [7, 11) is 3.93. The van der Waals surface area contributed by atoms with Crippen LogP contribution in [0.1, 0.15) is 35.8 Å². The van der Waals surface area contributed by atoms with Crippen molar-refractivity contribution in [3.05, 3.63) is 57.8 Å². The van der Waals surface area contributed by atoms with E-state index in [1.807, 2.05) is 4.90 Å². The minimum atomic E-state index is 0. The molecule has 2 heterocycles. The number of thiophene rings is 1. The van der Waals surface area contributed by atoms with Gasteiger partial charge >= 0.3 is 0 Å². The molecule has 1 aliphatic rings. The predicted octanol–water partition coefficient (Wildman–Crippen LogP) is 3.72. The van der Waals surface area contributed by atoms with Gasteiger partial charge in [-0.1, -0.05) is 30.3 Å². The van der Waals surface area contributed by atoms with Crippen LogP contribution in [0.4, 0.5) is 0 Å². The molecular weight excluding hydrogens is 533 g/mol. The second-order valence-corrected chi connectivity index (χ2v) is 9.15. The number of fused-ring (bicyclic) bond motifs is 1. The molecule has 2 N–H and O–H groups in total. The highest BCUT2D eigenvalue weighted by atomic mass is 127. The first kappa shape index (κ1) is 26.6. The second-order valence-electron chi connectivity index (χ2n) is 8.15. The lowest BCUT2D eigenvalue weighted by atomic mass is 10.1. The summed E-state index contributed by atoms with van der Waals surface area (Å²) in [5.41, 5.74) is 2.64. The lowest BCUT2D eigenvalue weighted by Gasteiger charge is -2.27. The third-order valence-electron chi connectivity index (χ3n) is 5.90. The topological polar surface area (TPSA) is 60.0 Å². The maximum atomic E-state index is 12.6. The van der Waals surface area contributed by atoms with Crippen molar-refractivity contribution in [2.24, 2.45) is 4.99 Å². The standard InChI is InChI=1S/C24H35N5OS.HI/c1-19(28(3)17-20-7-5-4-6-8-20)9-13-26-24(25-2)27-14-10-23(30)29-15-11-22-21(18-29)12-16-31-22;/h4-8,12,16,19H,9-11,13-15,17-18H2,1-3H3,(H2,25,26,27);1H. The van der Waals surface area contributed by atoms with Gasteiger partial charge in [0.15, 0.2) is 5.96 Å².